The maximum Gasteiger partial charge on any atom is 0.245 e. The molecule has 7 nitrogen and oxygen atoms in total. The van der Waals surface area contributed by atoms with Gasteiger partial charge in [0, 0.05) is 26.2 Å². The molecule has 2 aromatic heterocycles. The molecule has 0 unspecified atom stereocenters. The molecular formula is C13H21N7. The number of nitrogens with zero attached hydrogens (tertiary/aromatic N) is 5. The van der Waals surface area contributed by atoms with E-state index in [0.29, 0.717) is 6.04 Å². The van der Waals surface area contributed by atoms with E-state index < -0.39 is 0 Å². The van der Waals surface area contributed by atoms with E-state index in [1.54, 1.807) is 0 Å². The first-order valence-corrected chi connectivity index (χ1v) is 7.03. The van der Waals surface area contributed by atoms with Crippen LogP contribution in [-0.2, 0) is 7.05 Å². The third kappa shape index (κ3) is 2.40. The zero-order valence-electron chi connectivity index (χ0n) is 12.2. The molecule has 1 aliphatic rings. The minimum atomic E-state index is 0.615. The van der Waals surface area contributed by atoms with Crippen LogP contribution in [0, 0.1) is 6.92 Å². The summed E-state index contributed by atoms with van der Waals surface area (Å²) in [5, 5.41) is 15.0. The summed E-state index contributed by atoms with van der Waals surface area (Å²) in [5.74, 6) is 1.56. The highest BCUT2D eigenvalue weighted by Crippen LogP contribution is 2.20. The normalized spacial score (nSPS) is 16.9. The van der Waals surface area contributed by atoms with E-state index in [1.807, 2.05) is 31.8 Å². The van der Waals surface area contributed by atoms with Crippen molar-refractivity contribution in [2.75, 3.05) is 25.0 Å². The highest BCUT2D eigenvalue weighted by Gasteiger charge is 2.21. The largest absolute Gasteiger partial charge is 0.339 e. The fraction of sp³-hybridized carbons (Fsp3) is 0.615. The Morgan fingerprint density at radius 3 is 2.70 bits per heavy atom. The topological polar surface area (TPSA) is 74.7 Å². The number of hydrogen-bond donors (Lipinski definition) is 2. The van der Waals surface area contributed by atoms with Crippen LogP contribution in [0.2, 0.25) is 0 Å². The lowest BCUT2D eigenvalue weighted by Crippen LogP contribution is -2.41. The van der Waals surface area contributed by atoms with Crippen molar-refractivity contribution in [3.63, 3.8) is 0 Å². The fourth-order valence-electron chi connectivity index (χ4n) is 2.71. The second-order valence-electron chi connectivity index (χ2n) is 5.33. The molecule has 0 atom stereocenters. The van der Waals surface area contributed by atoms with Crippen molar-refractivity contribution >= 4 is 5.95 Å². The summed E-state index contributed by atoms with van der Waals surface area (Å²) in [5.41, 5.74) is 1.95. The average Bonchev–Trinajstić information content (AvgIpc) is 3.05. The molecule has 0 spiro atoms. The van der Waals surface area contributed by atoms with Crippen LogP contribution in [-0.4, -0.2) is 51.1 Å². The molecule has 3 heterocycles. The van der Waals surface area contributed by atoms with E-state index in [1.165, 1.54) is 0 Å². The molecule has 1 saturated heterocycles. The Hall–Kier alpha value is -1.89. The Morgan fingerprint density at radius 2 is 2.10 bits per heavy atom. The number of aromatic amines is 1. The van der Waals surface area contributed by atoms with Crippen molar-refractivity contribution in [1.29, 1.82) is 0 Å². The van der Waals surface area contributed by atoms with Crippen LogP contribution >= 0.6 is 0 Å². The number of hydrogen-bond acceptors (Lipinski definition) is 5. The third-order valence-corrected chi connectivity index (χ3v) is 3.90. The molecule has 3 rings (SSSR count). The van der Waals surface area contributed by atoms with Gasteiger partial charge in [-0.15, -0.1) is 5.10 Å². The van der Waals surface area contributed by atoms with Gasteiger partial charge in [0.25, 0.3) is 0 Å². The zero-order chi connectivity index (χ0) is 14.1. The summed E-state index contributed by atoms with van der Waals surface area (Å²) in [6.45, 7) is 3.96. The van der Waals surface area contributed by atoms with Gasteiger partial charge in [0.2, 0.25) is 5.95 Å². The molecule has 0 radical (unpaired) electrons. The molecule has 20 heavy (non-hydrogen) atoms. The van der Waals surface area contributed by atoms with Crippen molar-refractivity contribution in [2.45, 2.75) is 25.8 Å². The highest BCUT2D eigenvalue weighted by molar-refractivity contribution is 5.52. The van der Waals surface area contributed by atoms with Gasteiger partial charge in [-0.2, -0.15) is 10.1 Å². The van der Waals surface area contributed by atoms with Crippen molar-refractivity contribution in [1.82, 2.24) is 30.3 Å². The number of aromatic nitrogens is 5. The standard InChI is InChI=1S/C13H21N7/c1-9-8-11(19(3)18-9)12-15-13(17-16-12)20-6-4-10(14-2)5-7-20/h8,10,14H,4-7H2,1-3H3,(H,15,16,17). The van der Waals surface area contributed by atoms with Crippen LogP contribution in [0.15, 0.2) is 6.07 Å². The number of rotatable bonds is 3. The molecule has 0 aliphatic carbocycles. The number of nitrogens with one attached hydrogen (secondary N) is 2. The van der Waals surface area contributed by atoms with Crippen LogP contribution < -0.4 is 10.2 Å². The van der Waals surface area contributed by atoms with Gasteiger partial charge in [0.1, 0.15) is 5.69 Å². The number of H-pyrrole nitrogens is 1. The Labute approximate surface area is 118 Å². The molecule has 0 saturated carbocycles. The van der Waals surface area contributed by atoms with Crippen LogP contribution in [0.5, 0.6) is 0 Å². The van der Waals surface area contributed by atoms with Gasteiger partial charge in [-0.3, -0.25) is 9.78 Å². The molecule has 0 amide bonds. The Kier molecular flexibility index (Phi) is 3.43. The van der Waals surface area contributed by atoms with Crippen molar-refractivity contribution < 1.29 is 0 Å². The molecule has 2 aromatic rings. The Bertz CT molecular complexity index is 577. The second-order valence-corrected chi connectivity index (χ2v) is 5.33. The fourth-order valence-corrected chi connectivity index (χ4v) is 2.71. The summed E-state index contributed by atoms with van der Waals surface area (Å²) >= 11 is 0. The van der Waals surface area contributed by atoms with Crippen molar-refractivity contribution in [3.8, 4) is 11.5 Å². The minimum Gasteiger partial charge on any atom is -0.339 e. The second kappa shape index (κ2) is 5.24. The Morgan fingerprint density at radius 1 is 1.35 bits per heavy atom. The molecule has 7 heteroatoms. The third-order valence-electron chi connectivity index (χ3n) is 3.90. The summed E-state index contributed by atoms with van der Waals surface area (Å²) < 4.78 is 1.83. The first-order chi connectivity index (χ1) is 9.67. The molecule has 0 aromatic carbocycles. The van der Waals surface area contributed by atoms with E-state index in [9.17, 15) is 0 Å². The quantitative estimate of drug-likeness (QED) is 0.862. The van der Waals surface area contributed by atoms with Crippen molar-refractivity contribution in [3.05, 3.63) is 11.8 Å². The van der Waals surface area contributed by atoms with Crippen LogP contribution in [0.4, 0.5) is 5.95 Å². The van der Waals surface area contributed by atoms with Gasteiger partial charge >= 0.3 is 0 Å². The van der Waals surface area contributed by atoms with Gasteiger partial charge < -0.3 is 10.2 Å². The number of aryl methyl sites for hydroxylation is 2. The molecule has 108 valence electrons. The SMILES string of the molecule is CNC1CCN(c2n[nH]c(-c3cc(C)nn3C)n2)CC1. The summed E-state index contributed by atoms with van der Waals surface area (Å²) in [6, 6.07) is 2.63. The van der Waals surface area contributed by atoms with Crippen LogP contribution in [0.1, 0.15) is 18.5 Å². The molecule has 2 N–H and O–H groups in total. The summed E-state index contributed by atoms with van der Waals surface area (Å²) in [7, 11) is 3.94. The van der Waals surface area contributed by atoms with Gasteiger partial charge in [0.15, 0.2) is 5.82 Å². The van der Waals surface area contributed by atoms with Crippen LogP contribution in [0.3, 0.4) is 0 Å². The van der Waals surface area contributed by atoms with Crippen LogP contribution in [0.25, 0.3) is 11.5 Å². The molecule has 1 aliphatic heterocycles. The van der Waals surface area contributed by atoms with E-state index in [2.05, 4.69) is 30.5 Å². The maximum absolute atomic E-state index is 4.61. The minimum absolute atomic E-state index is 0.615. The van der Waals surface area contributed by atoms with E-state index in [-0.39, 0.29) is 0 Å². The maximum atomic E-state index is 4.61. The van der Waals surface area contributed by atoms with E-state index in [0.717, 1.165) is 49.1 Å². The first kappa shape index (κ1) is 13.1. The smallest absolute Gasteiger partial charge is 0.245 e. The summed E-state index contributed by atoms with van der Waals surface area (Å²) in [4.78, 5) is 6.84. The Balaban J connectivity index is 1.76. The van der Waals surface area contributed by atoms with Gasteiger partial charge in [0.05, 0.1) is 5.69 Å². The predicted octanol–water partition coefficient (Wildman–Crippen LogP) is 0.702. The molecular weight excluding hydrogens is 254 g/mol. The predicted molar refractivity (Wildman–Crippen MR) is 77.6 cm³/mol. The lowest BCUT2D eigenvalue weighted by Gasteiger charge is -2.30. The highest BCUT2D eigenvalue weighted by atomic mass is 15.4. The average molecular weight is 275 g/mol. The van der Waals surface area contributed by atoms with Gasteiger partial charge in [-0.25, -0.2) is 0 Å². The lowest BCUT2D eigenvalue weighted by molar-refractivity contribution is 0.439. The van der Waals surface area contributed by atoms with E-state index >= 15 is 0 Å². The van der Waals surface area contributed by atoms with E-state index in [4.69, 9.17) is 0 Å². The first-order valence-electron chi connectivity index (χ1n) is 7.03. The monoisotopic (exact) mass is 275 g/mol. The zero-order valence-corrected chi connectivity index (χ0v) is 12.2. The number of piperidine rings is 1. The van der Waals surface area contributed by atoms with Crippen molar-refractivity contribution in [2.24, 2.45) is 7.05 Å². The van der Waals surface area contributed by atoms with Gasteiger partial charge in [-0.05, 0) is 32.9 Å². The summed E-state index contributed by atoms with van der Waals surface area (Å²) in [6.07, 6.45) is 2.26. The lowest BCUT2D eigenvalue weighted by atomic mass is 10.1. The number of anilines is 1. The molecule has 1 fully saturated rings. The molecule has 0 bridgehead atoms. The van der Waals surface area contributed by atoms with Gasteiger partial charge in [-0.1, -0.05) is 0 Å².